The lowest BCUT2D eigenvalue weighted by atomic mass is 9.94. The fraction of sp³-hybridized carbons (Fsp3) is 0.800. The van der Waals surface area contributed by atoms with E-state index in [1.165, 1.54) is 0 Å². The topological polar surface area (TPSA) is 55.4 Å². The lowest BCUT2D eigenvalue weighted by Gasteiger charge is -2.22. The highest BCUT2D eigenvalue weighted by Gasteiger charge is 2.21. The third-order valence-electron chi connectivity index (χ3n) is 2.15. The molecule has 0 aromatic rings. The van der Waals surface area contributed by atoms with E-state index in [-0.39, 0.29) is 17.9 Å². The minimum Gasteiger partial charge on any atom is -0.447 e. The summed E-state index contributed by atoms with van der Waals surface area (Å²) >= 11 is 0. The average Bonchev–Trinajstić information content (AvgIpc) is 2.01. The maximum Gasteiger partial charge on any atom is 0.407 e. The molecule has 0 radical (unpaired) electrons. The first kappa shape index (κ1) is 11.0. The van der Waals surface area contributed by atoms with Crippen LogP contribution in [0.5, 0.6) is 0 Å². The molecule has 0 aromatic heterocycles. The molecule has 0 aromatic carbocycles. The summed E-state index contributed by atoms with van der Waals surface area (Å²) in [7, 11) is 0. The Labute approximate surface area is 84.0 Å². The molecule has 80 valence electrons. The Morgan fingerprint density at radius 1 is 1.57 bits per heavy atom. The van der Waals surface area contributed by atoms with E-state index in [1.807, 2.05) is 0 Å². The van der Waals surface area contributed by atoms with Crippen LogP contribution in [0.3, 0.4) is 0 Å². The van der Waals surface area contributed by atoms with Crippen LogP contribution < -0.4 is 5.32 Å². The van der Waals surface area contributed by atoms with Gasteiger partial charge >= 0.3 is 6.09 Å². The average molecular weight is 199 g/mol. The van der Waals surface area contributed by atoms with Crippen molar-refractivity contribution >= 4 is 11.9 Å². The minimum atomic E-state index is -0.417. The maximum absolute atomic E-state index is 11.2. The molecule has 0 heterocycles. The summed E-state index contributed by atoms with van der Waals surface area (Å²) in [6.07, 6.45) is 2.31. The first-order valence-electron chi connectivity index (χ1n) is 5.07. The fourth-order valence-corrected chi connectivity index (χ4v) is 1.56. The molecule has 1 unspecified atom stereocenters. The molecule has 1 fully saturated rings. The van der Waals surface area contributed by atoms with Crippen molar-refractivity contribution in [3.63, 3.8) is 0 Å². The van der Waals surface area contributed by atoms with Crippen LogP contribution in [0, 0.1) is 0 Å². The Morgan fingerprint density at radius 3 is 2.86 bits per heavy atom. The minimum absolute atomic E-state index is 0.0255. The van der Waals surface area contributed by atoms with Crippen molar-refractivity contribution in [1.29, 1.82) is 0 Å². The van der Waals surface area contributed by atoms with Crippen molar-refractivity contribution in [2.45, 2.75) is 51.7 Å². The van der Waals surface area contributed by atoms with E-state index >= 15 is 0 Å². The van der Waals surface area contributed by atoms with E-state index in [0.29, 0.717) is 12.8 Å². The number of carbonyl (C=O) groups excluding carboxylic acids is 2. The van der Waals surface area contributed by atoms with Crippen LogP contribution in [0.4, 0.5) is 4.79 Å². The molecule has 1 saturated carbocycles. The van der Waals surface area contributed by atoms with Crippen LogP contribution in [0.15, 0.2) is 0 Å². The lowest BCUT2D eigenvalue weighted by Crippen LogP contribution is -2.39. The predicted octanol–water partition coefficient (Wildman–Crippen LogP) is 1.63. The van der Waals surface area contributed by atoms with Crippen molar-refractivity contribution in [3.8, 4) is 0 Å². The number of alkyl carbamates (subject to hydrolysis) is 1. The second-order valence-electron chi connectivity index (χ2n) is 3.93. The number of hydrogen-bond acceptors (Lipinski definition) is 3. The number of amides is 1. The van der Waals surface area contributed by atoms with Crippen molar-refractivity contribution in [2.24, 2.45) is 0 Å². The zero-order chi connectivity index (χ0) is 10.6. The van der Waals surface area contributed by atoms with Gasteiger partial charge in [0.25, 0.3) is 0 Å². The monoisotopic (exact) mass is 199 g/mol. The smallest absolute Gasteiger partial charge is 0.407 e. The Balaban J connectivity index is 2.29. The molecular formula is C10H17NO3. The molecule has 0 bridgehead atoms. The van der Waals surface area contributed by atoms with E-state index in [2.05, 4.69) is 5.32 Å². The largest absolute Gasteiger partial charge is 0.447 e. The molecule has 1 N–H and O–H groups in total. The summed E-state index contributed by atoms with van der Waals surface area (Å²) < 4.78 is 4.93. The fourth-order valence-electron chi connectivity index (χ4n) is 1.56. The standard InChI is InChI=1S/C10H17NO3/c1-7(2)14-10(13)11-8-4-3-5-9(12)6-8/h7-8H,3-6H2,1-2H3,(H,11,13). The third kappa shape index (κ3) is 3.77. The zero-order valence-corrected chi connectivity index (χ0v) is 8.71. The number of ketones is 1. The second kappa shape index (κ2) is 4.98. The first-order chi connectivity index (χ1) is 6.58. The van der Waals surface area contributed by atoms with Crippen molar-refractivity contribution in [1.82, 2.24) is 5.32 Å². The van der Waals surface area contributed by atoms with Crippen LogP contribution in [0.2, 0.25) is 0 Å². The van der Waals surface area contributed by atoms with Crippen molar-refractivity contribution in [2.75, 3.05) is 0 Å². The normalized spacial score (nSPS) is 22.2. The van der Waals surface area contributed by atoms with Gasteiger partial charge in [0.05, 0.1) is 6.10 Å². The van der Waals surface area contributed by atoms with Gasteiger partial charge in [0.15, 0.2) is 0 Å². The van der Waals surface area contributed by atoms with E-state index in [0.717, 1.165) is 12.8 Å². The van der Waals surface area contributed by atoms with Gasteiger partial charge in [0, 0.05) is 18.9 Å². The summed E-state index contributed by atoms with van der Waals surface area (Å²) in [6, 6.07) is -0.0255. The summed E-state index contributed by atoms with van der Waals surface area (Å²) in [5.41, 5.74) is 0. The van der Waals surface area contributed by atoms with Crippen molar-refractivity contribution < 1.29 is 14.3 Å². The van der Waals surface area contributed by atoms with Gasteiger partial charge in [-0.05, 0) is 26.7 Å². The Kier molecular flexibility index (Phi) is 3.92. The van der Waals surface area contributed by atoms with Gasteiger partial charge in [0.1, 0.15) is 5.78 Å². The van der Waals surface area contributed by atoms with Gasteiger partial charge in [-0.3, -0.25) is 4.79 Å². The SMILES string of the molecule is CC(C)OC(=O)NC1CCCC(=O)C1. The van der Waals surface area contributed by atoms with Gasteiger partial charge in [-0.15, -0.1) is 0 Å². The summed E-state index contributed by atoms with van der Waals surface area (Å²) in [5, 5.41) is 2.70. The molecule has 0 spiro atoms. The molecule has 0 aliphatic heterocycles. The number of rotatable bonds is 2. The third-order valence-corrected chi connectivity index (χ3v) is 2.15. The Bertz CT molecular complexity index is 225. The Morgan fingerprint density at radius 2 is 2.29 bits per heavy atom. The van der Waals surface area contributed by atoms with Crippen LogP contribution in [0.1, 0.15) is 39.5 Å². The second-order valence-corrected chi connectivity index (χ2v) is 3.93. The molecule has 1 aliphatic carbocycles. The molecular weight excluding hydrogens is 182 g/mol. The van der Waals surface area contributed by atoms with Gasteiger partial charge in [-0.25, -0.2) is 4.79 Å². The van der Waals surface area contributed by atoms with Crippen LogP contribution >= 0.6 is 0 Å². The molecule has 1 atom stereocenters. The van der Waals surface area contributed by atoms with Crippen LogP contribution in [-0.2, 0) is 9.53 Å². The van der Waals surface area contributed by atoms with E-state index < -0.39 is 6.09 Å². The van der Waals surface area contributed by atoms with Crippen molar-refractivity contribution in [3.05, 3.63) is 0 Å². The first-order valence-corrected chi connectivity index (χ1v) is 5.07. The summed E-state index contributed by atoms with van der Waals surface area (Å²) in [6.45, 7) is 3.59. The molecule has 4 heteroatoms. The van der Waals surface area contributed by atoms with Crippen LogP contribution in [-0.4, -0.2) is 24.0 Å². The molecule has 1 aliphatic rings. The highest BCUT2D eigenvalue weighted by Crippen LogP contribution is 2.14. The highest BCUT2D eigenvalue weighted by molar-refractivity contribution is 5.80. The lowest BCUT2D eigenvalue weighted by molar-refractivity contribution is -0.120. The molecule has 1 rings (SSSR count). The number of hydrogen-bond donors (Lipinski definition) is 1. The maximum atomic E-state index is 11.2. The number of Topliss-reactive ketones (excluding diaryl/α,β-unsaturated/α-hetero) is 1. The van der Waals surface area contributed by atoms with Gasteiger partial charge < -0.3 is 10.1 Å². The van der Waals surface area contributed by atoms with E-state index in [9.17, 15) is 9.59 Å². The highest BCUT2D eigenvalue weighted by atomic mass is 16.6. The Hall–Kier alpha value is -1.06. The van der Waals surface area contributed by atoms with Gasteiger partial charge in [0.2, 0.25) is 0 Å². The molecule has 1 amide bonds. The van der Waals surface area contributed by atoms with E-state index in [1.54, 1.807) is 13.8 Å². The molecule has 4 nitrogen and oxygen atoms in total. The summed E-state index contributed by atoms with van der Waals surface area (Å²) in [5.74, 6) is 0.228. The van der Waals surface area contributed by atoms with Gasteiger partial charge in [-0.1, -0.05) is 0 Å². The van der Waals surface area contributed by atoms with Crippen LogP contribution in [0.25, 0.3) is 0 Å². The number of carbonyl (C=O) groups is 2. The zero-order valence-electron chi connectivity index (χ0n) is 8.71. The predicted molar refractivity (Wildman–Crippen MR) is 52.0 cm³/mol. The van der Waals surface area contributed by atoms with E-state index in [4.69, 9.17) is 4.74 Å². The number of ether oxygens (including phenoxy) is 1. The summed E-state index contributed by atoms with van der Waals surface area (Å²) in [4.78, 5) is 22.3. The molecule has 0 saturated heterocycles. The van der Waals surface area contributed by atoms with Gasteiger partial charge in [-0.2, -0.15) is 0 Å². The quantitative estimate of drug-likeness (QED) is 0.735. The number of nitrogens with one attached hydrogen (secondary N) is 1. The molecule has 14 heavy (non-hydrogen) atoms.